The van der Waals surface area contributed by atoms with E-state index in [1.807, 2.05) is 11.3 Å². The van der Waals surface area contributed by atoms with Gasteiger partial charge in [-0.05, 0) is 24.4 Å². The van der Waals surface area contributed by atoms with Crippen molar-refractivity contribution in [1.29, 1.82) is 0 Å². The molecule has 0 saturated carbocycles. The quantitative estimate of drug-likeness (QED) is 0.352. The standard InChI is InChI=1S/C19H29N5S2.HI/c1-4-20-19(21-8-7-16-14-26-18(22-16)15(2)3)24-11-9-23(10-12-24)17-6-5-13-25-17;/h5-6,13-15H,4,7-12H2,1-3H3,(H,20,21);1H. The van der Waals surface area contributed by atoms with Crippen LogP contribution in [0, 0.1) is 0 Å². The van der Waals surface area contributed by atoms with Crippen molar-refractivity contribution in [2.45, 2.75) is 33.1 Å². The number of nitrogens with one attached hydrogen (secondary N) is 1. The second kappa shape index (κ2) is 11.2. The molecule has 1 fully saturated rings. The van der Waals surface area contributed by atoms with E-state index in [0.717, 1.165) is 51.6 Å². The summed E-state index contributed by atoms with van der Waals surface area (Å²) in [5.41, 5.74) is 1.17. The van der Waals surface area contributed by atoms with Crippen molar-refractivity contribution in [2.75, 3.05) is 44.2 Å². The molecule has 0 unspecified atom stereocenters. The molecule has 1 saturated heterocycles. The van der Waals surface area contributed by atoms with E-state index in [9.17, 15) is 0 Å². The smallest absolute Gasteiger partial charge is 0.194 e. The van der Waals surface area contributed by atoms with Gasteiger partial charge in [-0.1, -0.05) is 13.8 Å². The lowest BCUT2D eigenvalue weighted by Crippen LogP contribution is -2.52. The first-order valence-electron chi connectivity index (χ1n) is 9.43. The number of hydrogen-bond acceptors (Lipinski definition) is 5. The molecule has 0 atom stereocenters. The van der Waals surface area contributed by atoms with E-state index in [1.165, 1.54) is 15.7 Å². The molecule has 27 heavy (non-hydrogen) atoms. The summed E-state index contributed by atoms with van der Waals surface area (Å²) >= 11 is 3.58. The van der Waals surface area contributed by atoms with Gasteiger partial charge in [0.1, 0.15) is 0 Å². The van der Waals surface area contributed by atoms with Crippen LogP contribution < -0.4 is 10.2 Å². The maximum Gasteiger partial charge on any atom is 0.194 e. The normalized spacial score (nSPS) is 15.2. The molecule has 2 aromatic rings. The van der Waals surface area contributed by atoms with E-state index in [0.29, 0.717) is 5.92 Å². The average Bonchev–Trinajstić information content (AvgIpc) is 3.33. The Morgan fingerprint density at radius 2 is 2.04 bits per heavy atom. The molecular weight excluding hydrogens is 489 g/mol. The zero-order valence-corrected chi connectivity index (χ0v) is 20.3. The Morgan fingerprint density at radius 3 is 2.63 bits per heavy atom. The van der Waals surface area contributed by atoms with E-state index in [-0.39, 0.29) is 24.0 Å². The van der Waals surface area contributed by atoms with Crippen LogP contribution in [0.1, 0.15) is 37.4 Å². The van der Waals surface area contributed by atoms with Crippen LogP contribution in [-0.2, 0) is 6.42 Å². The van der Waals surface area contributed by atoms with Gasteiger partial charge in [-0.2, -0.15) is 0 Å². The minimum absolute atomic E-state index is 0. The number of halogens is 1. The van der Waals surface area contributed by atoms with Crippen LogP contribution in [-0.4, -0.2) is 55.1 Å². The average molecular weight is 520 g/mol. The van der Waals surface area contributed by atoms with Crippen molar-refractivity contribution in [2.24, 2.45) is 4.99 Å². The molecule has 1 N–H and O–H groups in total. The largest absolute Gasteiger partial charge is 0.360 e. The summed E-state index contributed by atoms with van der Waals surface area (Å²) in [6, 6.07) is 4.33. The molecule has 2 aromatic heterocycles. The molecule has 0 amide bonds. The number of nitrogens with zero attached hydrogens (tertiary/aromatic N) is 4. The zero-order valence-electron chi connectivity index (χ0n) is 16.4. The van der Waals surface area contributed by atoms with Gasteiger partial charge in [-0.3, -0.25) is 4.99 Å². The summed E-state index contributed by atoms with van der Waals surface area (Å²) in [7, 11) is 0. The van der Waals surface area contributed by atoms with Crippen molar-refractivity contribution in [3.05, 3.63) is 33.6 Å². The fourth-order valence-corrected chi connectivity index (χ4v) is 4.65. The number of aromatic nitrogens is 1. The van der Waals surface area contributed by atoms with Gasteiger partial charge in [0, 0.05) is 57.0 Å². The summed E-state index contributed by atoms with van der Waals surface area (Å²) < 4.78 is 0. The lowest BCUT2D eigenvalue weighted by Gasteiger charge is -2.37. The number of piperazine rings is 1. The highest BCUT2D eigenvalue weighted by molar-refractivity contribution is 14.0. The van der Waals surface area contributed by atoms with Gasteiger partial charge in [0.2, 0.25) is 0 Å². The summed E-state index contributed by atoms with van der Waals surface area (Å²) in [6.07, 6.45) is 0.910. The predicted octanol–water partition coefficient (Wildman–Crippen LogP) is 4.28. The van der Waals surface area contributed by atoms with E-state index in [4.69, 9.17) is 9.98 Å². The van der Waals surface area contributed by atoms with Gasteiger partial charge in [0.15, 0.2) is 5.96 Å². The van der Waals surface area contributed by atoms with Crippen molar-refractivity contribution < 1.29 is 0 Å². The summed E-state index contributed by atoms with van der Waals surface area (Å²) in [5, 5.41) is 10.4. The third-order valence-corrected chi connectivity index (χ3v) is 6.55. The second-order valence-electron chi connectivity index (χ2n) is 6.74. The van der Waals surface area contributed by atoms with Crippen LogP contribution in [0.2, 0.25) is 0 Å². The lowest BCUT2D eigenvalue weighted by molar-refractivity contribution is 0.373. The Kier molecular flexibility index (Phi) is 9.31. The van der Waals surface area contributed by atoms with E-state index >= 15 is 0 Å². The Bertz CT molecular complexity index is 691. The summed E-state index contributed by atoms with van der Waals surface area (Å²) in [5.74, 6) is 1.55. The predicted molar refractivity (Wildman–Crippen MR) is 129 cm³/mol. The van der Waals surface area contributed by atoms with Crippen LogP contribution in [0.5, 0.6) is 0 Å². The third-order valence-electron chi connectivity index (χ3n) is 4.42. The first-order valence-corrected chi connectivity index (χ1v) is 11.2. The van der Waals surface area contributed by atoms with Crippen LogP contribution >= 0.6 is 46.7 Å². The summed E-state index contributed by atoms with van der Waals surface area (Å²) in [6.45, 7) is 12.3. The van der Waals surface area contributed by atoms with Gasteiger partial charge in [-0.15, -0.1) is 46.7 Å². The fourth-order valence-electron chi connectivity index (χ4n) is 2.99. The van der Waals surface area contributed by atoms with Gasteiger partial charge in [-0.25, -0.2) is 4.98 Å². The Morgan fingerprint density at radius 1 is 1.26 bits per heavy atom. The number of anilines is 1. The molecule has 0 bridgehead atoms. The third kappa shape index (κ3) is 6.32. The minimum Gasteiger partial charge on any atom is -0.360 e. The molecule has 3 rings (SSSR count). The van der Waals surface area contributed by atoms with Gasteiger partial charge >= 0.3 is 0 Å². The Hall–Kier alpha value is -0.870. The highest BCUT2D eigenvalue weighted by Crippen LogP contribution is 2.22. The summed E-state index contributed by atoms with van der Waals surface area (Å²) in [4.78, 5) is 14.4. The molecule has 150 valence electrons. The fraction of sp³-hybridized carbons (Fsp3) is 0.579. The van der Waals surface area contributed by atoms with Crippen LogP contribution in [0.15, 0.2) is 27.9 Å². The van der Waals surface area contributed by atoms with E-state index in [1.54, 1.807) is 11.3 Å². The van der Waals surface area contributed by atoms with E-state index < -0.39 is 0 Å². The van der Waals surface area contributed by atoms with Crippen molar-refractivity contribution in [3.8, 4) is 0 Å². The maximum absolute atomic E-state index is 4.85. The molecule has 0 radical (unpaired) electrons. The van der Waals surface area contributed by atoms with Gasteiger partial charge in [0.25, 0.3) is 0 Å². The minimum atomic E-state index is 0. The molecule has 0 aliphatic carbocycles. The van der Waals surface area contributed by atoms with Gasteiger partial charge < -0.3 is 15.1 Å². The highest BCUT2D eigenvalue weighted by atomic mass is 127. The molecule has 1 aliphatic rings. The monoisotopic (exact) mass is 519 g/mol. The SMILES string of the molecule is CCNC(=NCCc1csc(C(C)C)n1)N1CCN(c2cccs2)CC1.I. The molecular formula is C19H30IN5S2. The first-order chi connectivity index (χ1) is 12.7. The number of hydrogen-bond donors (Lipinski definition) is 1. The number of thiazole rings is 1. The number of aliphatic imine (C=N–C) groups is 1. The lowest BCUT2D eigenvalue weighted by atomic mass is 10.2. The maximum atomic E-state index is 4.85. The second-order valence-corrected chi connectivity index (χ2v) is 8.56. The highest BCUT2D eigenvalue weighted by Gasteiger charge is 2.20. The van der Waals surface area contributed by atoms with Crippen LogP contribution in [0.4, 0.5) is 5.00 Å². The molecule has 8 heteroatoms. The number of rotatable bonds is 6. The van der Waals surface area contributed by atoms with Crippen LogP contribution in [0.3, 0.4) is 0 Å². The molecule has 5 nitrogen and oxygen atoms in total. The molecule has 1 aliphatic heterocycles. The number of guanidine groups is 1. The number of thiophene rings is 1. The van der Waals surface area contributed by atoms with Gasteiger partial charge in [0.05, 0.1) is 15.7 Å². The Labute approximate surface area is 187 Å². The molecule has 0 spiro atoms. The first kappa shape index (κ1) is 22.4. The van der Waals surface area contributed by atoms with Crippen molar-refractivity contribution >= 4 is 57.6 Å². The topological polar surface area (TPSA) is 43.8 Å². The van der Waals surface area contributed by atoms with Crippen molar-refractivity contribution in [1.82, 2.24) is 15.2 Å². The molecule has 0 aromatic carbocycles. The van der Waals surface area contributed by atoms with Crippen molar-refractivity contribution in [3.63, 3.8) is 0 Å². The molecule has 3 heterocycles. The van der Waals surface area contributed by atoms with E-state index in [2.05, 4.69) is 58.8 Å². The zero-order chi connectivity index (χ0) is 18.4. The van der Waals surface area contributed by atoms with Crippen LogP contribution in [0.25, 0.3) is 0 Å². The Balaban J connectivity index is 0.00000261.